The van der Waals surface area contributed by atoms with Gasteiger partial charge in [0.2, 0.25) is 0 Å². The Hall–Kier alpha value is -0.110. The van der Waals surface area contributed by atoms with Crippen molar-refractivity contribution in [3.05, 3.63) is 0 Å². The average Bonchev–Trinajstić information content (AvgIpc) is 2.22. The van der Waals surface area contributed by atoms with E-state index in [1.54, 1.807) is 0 Å². The monoisotopic (exact) mass is 129 g/mol. The molecule has 9 heavy (non-hydrogen) atoms. The zero-order chi connectivity index (χ0) is 6.27. The van der Waals surface area contributed by atoms with Gasteiger partial charge in [-0.2, -0.15) is 0 Å². The Morgan fingerprint density at radius 1 is 1.11 bits per heavy atom. The molecule has 2 atom stereocenters. The smallest absolute Gasteiger partial charge is 0.101 e. The number of halogens is 1. The predicted octanol–water partition coefficient (Wildman–Crippen LogP) is 0.954. The molecule has 1 saturated carbocycles. The number of alkyl halides is 1. The summed E-state index contributed by atoms with van der Waals surface area (Å²) in [4.78, 5) is 0. The van der Waals surface area contributed by atoms with Crippen molar-refractivity contribution >= 4 is 0 Å². The van der Waals surface area contributed by atoms with Crippen molar-refractivity contribution in [1.82, 2.24) is 5.32 Å². The molecule has 2 rings (SSSR count). The van der Waals surface area contributed by atoms with Gasteiger partial charge in [0, 0.05) is 0 Å². The normalized spacial score (nSPS) is 49.7. The number of hydrogen-bond acceptors (Lipinski definition) is 1. The van der Waals surface area contributed by atoms with Crippen LogP contribution in [0.1, 0.15) is 12.8 Å². The van der Waals surface area contributed by atoms with Crippen molar-refractivity contribution in [3.8, 4) is 0 Å². The van der Waals surface area contributed by atoms with Crippen LogP contribution in [0.15, 0.2) is 0 Å². The van der Waals surface area contributed by atoms with Gasteiger partial charge in [-0.1, -0.05) is 0 Å². The second-order valence-electron chi connectivity index (χ2n) is 3.25. The van der Waals surface area contributed by atoms with E-state index in [1.807, 2.05) is 0 Å². The van der Waals surface area contributed by atoms with Gasteiger partial charge in [0.05, 0.1) is 0 Å². The third-order valence-electron chi connectivity index (χ3n) is 2.60. The highest BCUT2D eigenvalue weighted by Gasteiger charge is 2.36. The molecule has 0 aromatic carbocycles. The molecular formula is C7H12FN. The van der Waals surface area contributed by atoms with Gasteiger partial charge in [0.25, 0.3) is 0 Å². The van der Waals surface area contributed by atoms with E-state index in [1.165, 1.54) is 0 Å². The highest BCUT2D eigenvalue weighted by atomic mass is 19.1. The summed E-state index contributed by atoms with van der Waals surface area (Å²) in [5.74, 6) is 1.33. The summed E-state index contributed by atoms with van der Waals surface area (Å²) in [7, 11) is 0. The van der Waals surface area contributed by atoms with E-state index in [0.29, 0.717) is 11.8 Å². The Morgan fingerprint density at radius 2 is 1.67 bits per heavy atom. The van der Waals surface area contributed by atoms with Crippen LogP contribution in [0.25, 0.3) is 0 Å². The molecule has 0 amide bonds. The molecule has 1 nitrogen and oxygen atoms in total. The number of fused-ring (bicyclic) bond motifs is 1. The Morgan fingerprint density at radius 3 is 2.22 bits per heavy atom. The molecular weight excluding hydrogens is 117 g/mol. The Kier molecular flexibility index (Phi) is 1.22. The van der Waals surface area contributed by atoms with Crippen molar-refractivity contribution < 1.29 is 4.39 Å². The van der Waals surface area contributed by atoms with Crippen molar-refractivity contribution in [2.45, 2.75) is 19.0 Å². The minimum Gasteiger partial charge on any atom is -0.316 e. The van der Waals surface area contributed by atoms with E-state index in [9.17, 15) is 4.39 Å². The minimum atomic E-state index is -0.484. The molecule has 52 valence electrons. The molecule has 0 spiro atoms. The first-order valence-corrected chi connectivity index (χ1v) is 3.71. The Labute approximate surface area is 54.6 Å². The lowest BCUT2D eigenvalue weighted by Crippen LogP contribution is -2.11. The molecule has 1 N–H and O–H groups in total. The van der Waals surface area contributed by atoms with Crippen LogP contribution in [0.4, 0.5) is 4.39 Å². The summed E-state index contributed by atoms with van der Waals surface area (Å²) < 4.78 is 12.6. The molecule has 0 aromatic rings. The number of rotatable bonds is 0. The quantitative estimate of drug-likeness (QED) is 0.513. The van der Waals surface area contributed by atoms with Gasteiger partial charge in [-0.05, 0) is 37.8 Å². The van der Waals surface area contributed by atoms with Crippen LogP contribution in [0.2, 0.25) is 0 Å². The van der Waals surface area contributed by atoms with Crippen LogP contribution >= 0.6 is 0 Å². The summed E-state index contributed by atoms with van der Waals surface area (Å²) in [5, 5.41) is 3.28. The van der Waals surface area contributed by atoms with Gasteiger partial charge >= 0.3 is 0 Å². The molecule has 1 aliphatic carbocycles. The standard InChI is InChI=1S/C7H12FN/c8-7-1-5-3-9-4-6(5)2-7/h5-7,9H,1-4H2. The van der Waals surface area contributed by atoms with Gasteiger partial charge in [-0.25, -0.2) is 4.39 Å². The van der Waals surface area contributed by atoms with Crippen molar-refractivity contribution in [2.24, 2.45) is 11.8 Å². The molecule has 0 radical (unpaired) electrons. The maximum atomic E-state index is 12.6. The second-order valence-corrected chi connectivity index (χ2v) is 3.25. The van der Waals surface area contributed by atoms with E-state index in [2.05, 4.69) is 5.32 Å². The number of hydrogen-bond donors (Lipinski definition) is 1. The third kappa shape index (κ3) is 0.855. The lowest BCUT2D eigenvalue weighted by Gasteiger charge is -2.02. The summed E-state index contributed by atoms with van der Waals surface area (Å²) in [6, 6.07) is 0. The number of nitrogens with one attached hydrogen (secondary N) is 1. The lowest BCUT2D eigenvalue weighted by atomic mass is 10.0. The maximum absolute atomic E-state index is 12.6. The van der Waals surface area contributed by atoms with Crippen molar-refractivity contribution in [3.63, 3.8) is 0 Å². The summed E-state index contributed by atoms with van der Waals surface area (Å²) in [6.07, 6.45) is 1.15. The molecule has 2 heteroatoms. The minimum absolute atomic E-state index is 0.484. The van der Waals surface area contributed by atoms with Gasteiger partial charge in [0.1, 0.15) is 6.17 Å². The fourth-order valence-corrected chi connectivity index (χ4v) is 2.09. The fourth-order valence-electron chi connectivity index (χ4n) is 2.09. The van der Waals surface area contributed by atoms with Crippen LogP contribution in [0.3, 0.4) is 0 Å². The topological polar surface area (TPSA) is 12.0 Å². The molecule has 2 fully saturated rings. The van der Waals surface area contributed by atoms with Crippen molar-refractivity contribution in [2.75, 3.05) is 13.1 Å². The molecule has 2 unspecified atom stereocenters. The maximum Gasteiger partial charge on any atom is 0.101 e. The predicted molar refractivity (Wildman–Crippen MR) is 34.0 cm³/mol. The molecule has 1 heterocycles. The van der Waals surface area contributed by atoms with Crippen LogP contribution in [-0.4, -0.2) is 19.3 Å². The van der Waals surface area contributed by atoms with Crippen LogP contribution in [0.5, 0.6) is 0 Å². The molecule has 0 aromatic heterocycles. The largest absolute Gasteiger partial charge is 0.316 e. The first kappa shape index (κ1) is 5.66. The summed E-state index contributed by atoms with van der Waals surface area (Å²) in [5.41, 5.74) is 0. The summed E-state index contributed by atoms with van der Waals surface area (Å²) >= 11 is 0. The van der Waals surface area contributed by atoms with Crippen LogP contribution in [0, 0.1) is 11.8 Å². The van der Waals surface area contributed by atoms with Crippen LogP contribution < -0.4 is 5.32 Å². The Bertz CT molecular complexity index is 103. The van der Waals surface area contributed by atoms with E-state index in [0.717, 1.165) is 25.9 Å². The SMILES string of the molecule is FC1CC2CNCC2C1. The van der Waals surface area contributed by atoms with E-state index in [-0.39, 0.29) is 0 Å². The molecule has 1 aliphatic heterocycles. The zero-order valence-corrected chi connectivity index (χ0v) is 5.44. The summed E-state index contributed by atoms with van der Waals surface area (Å²) in [6.45, 7) is 2.12. The van der Waals surface area contributed by atoms with Crippen molar-refractivity contribution in [1.29, 1.82) is 0 Å². The van der Waals surface area contributed by atoms with Crippen LogP contribution in [-0.2, 0) is 0 Å². The average molecular weight is 129 g/mol. The molecule has 1 saturated heterocycles. The van der Waals surface area contributed by atoms with Gasteiger partial charge in [-0.3, -0.25) is 0 Å². The lowest BCUT2D eigenvalue weighted by molar-refractivity contribution is 0.323. The zero-order valence-electron chi connectivity index (χ0n) is 5.44. The first-order valence-electron chi connectivity index (χ1n) is 3.71. The first-order chi connectivity index (χ1) is 4.36. The van der Waals surface area contributed by atoms with Gasteiger partial charge < -0.3 is 5.32 Å². The van der Waals surface area contributed by atoms with Gasteiger partial charge in [0.15, 0.2) is 0 Å². The van der Waals surface area contributed by atoms with E-state index in [4.69, 9.17) is 0 Å². The fraction of sp³-hybridized carbons (Fsp3) is 1.00. The molecule has 0 bridgehead atoms. The highest BCUT2D eigenvalue weighted by Crippen LogP contribution is 2.35. The highest BCUT2D eigenvalue weighted by molar-refractivity contribution is 4.90. The van der Waals surface area contributed by atoms with E-state index < -0.39 is 6.17 Å². The Balaban J connectivity index is 2.02. The van der Waals surface area contributed by atoms with E-state index >= 15 is 0 Å². The molecule has 2 aliphatic rings. The van der Waals surface area contributed by atoms with Gasteiger partial charge in [-0.15, -0.1) is 0 Å². The second kappa shape index (κ2) is 1.94. The third-order valence-corrected chi connectivity index (χ3v) is 2.60.